The Hall–Kier alpha value is -1.51. The van der Waals surface area contributed by atoms with Crippen molar-refractivity contribution in [3.63, 3.8) is 0 Å². The van der Waals surface area contributed by atoms with Crippen LogP contribution in [0.2, 0.25) is 5.02 Å². The lowest BCUT2D eigenvalue weighted by atomic mass is 9.87. The minimum atomic E-state index is 0.153. The van der Waals surface area contributed by atoms with Crippen molar-refractivity contribution >= 4 is 11.6 Å². The standard InChI is InChI=1S/C18H22ClNO/c1-18(2,3)15-6-8-16(9-7-15)21-12-14-5-4-13(11-20)10-17(14)19/h4-10H,11-12,20H2,1-3H3. The molecule has 112 valence electrons. The minimum absolute atomic E-state index is 0.153. The van der Waals surface area contributed by atoms with Gasteiger partial charge in [0.1, 0.15) is 12.4 Å². The predicted octanol–water partition coefficient (Wildman–Crippen LogP) is 4.68. The van der Waals surface area contributed by atoms with Crippen LogP contribution in [0.5, 0.6) is 5.75 Å². The molecule has 2 rings (SSSR count). The highest BCUT2D eigenvalue weighted by Crippen LogP contribution is 2.25. The summed E-state index contributed by atoms with van der Waals surface area (Å²) >= 11 is 6.22. The first kappa shape index (κ1) is 15.9. The summed E-state index contributed by atoms with van der Waals surface area (Å²) in [6.07, 6.45) is 0. The van der Waals surface area contributed by atoms with Gasteiger partial charge in [0.25, 0.3) is 0 Å². The van der Waals surface area contributed by atoms with E-state index in [2.05, 4.69) is 32.9 Å². The highest BCUT2D eigenvalue weighted by atomic mass is 35.5. The van der Waals surface area contributed by atoms with Gasteiger partial charge in [0.15, 0.2) is 0 Å². The Kier molecular flexibility index (Phi) is 4.92. The lowest BCUT2D eigenvalue weighted by Crippen LogP contribution is -2.10. The van der Waals surface area contributed by atoms with Crippen LogP contribution in [0.25, 0.3) is 0 Å². The number of halogens is 1. The highest BCUT2D eigenvalue weighted by Gasteiger charge is 2.13. The number of rotatable bonds is 4. The molecule has 0 spiro atoms. The second kappa shape index (κ2) is 6.50. The SMILES string of the molecule is CC(C)(C)c1ccc(OCc2ccc(CN)cc2Cl)cc1. The molecule has 0 aliphatic carbocycles. The van der Waals surface area contributed by atoms with Gasteiger partial charge >= 0.3 is 0 Å². The molecule has 0 radical (unpaired) electrons. The molecule has 3 heteroatoms. The lowest BCUT2D eigenvalue weighted by Gasteiger charge is -2.19. The lowest BCUT2D eigenvalue weighted by molar-refractivity contribution is 0.306. The Bertz CT molecular complexity index is 600. The maximum atomic E-state index is 6.22. The van der Waals surface area contributed by atoms with Crippen molar-refractivity contribution in [2.75, 3.05) is 0 Å². The Labute approximate surface area is 131 Å². The minimum Gasteiger partial charge on any atom is -0.489 e. The van der Waals surface area contributed by atoms with Crippen LogP contribution in [0.1, 0.15) is 37.5 Å². The highest BCUT2D eigenvalue weighted by molar-refractivity contribution is 6.31. The maximum Gasteiger partial charge on any atom is 0.119 e. The number of nitrogens with two attached hydrogens (primary N) is 1. The van der Waals surface area contributed by atoms with E-state index >= 15 is 0 Å². The number of benzene rings is 2. The van der Waals surface area contributed by atoms with Crippen molar-refractivity contribution in [2.24, 2.45) is 5.73 Å². The summed E-state index contributed by atoms with van der Waals surface area (Å²) in [5, 5.41) is 0.698. The fraction of sp³-hybridized carbons (Fsp3) is 0.333. The zero-order valence-electron chi connectivity index (χ0n) is 12.8. The van der Waals surface area contributed by atoms with Crippen molar-refractivity contribution in [2.45, 2.75) is 39.3 Å². The third kappa shape index (κ3) is 4.23. The molecule has 0 fully saturated rings. The van der Waals surface area contributed by atoms with Crippen molar-refractivity contribution in [1.29, 1.82) is 0 Å². The van der Waals surface area contributed by atoms with Crippen molar-refractivity contribution in [3.05, 3.63) is 64.2 Å². The molecule has 0 heterocycles. The van der Waals surface area contributed by atoms with Crippen LogP contribution in [0.15, 0.2) is 42.5 Å². The average molecular weight is 304 g/mol. The summed E-state index contributed by atoms with van der Waals surface area (Å²) in [6.45, 7) is 7.54. The van der Waals surface area contributed by atoms with Crippen LogP contribution in [0.3, 0.4) is 0 Å². The van der Waals surface area contributed by atoms with E-state index in [1.54, 1.807) is 0 Å². The summed E-state index contributed by atoms with van der Waals surface area (Å²) in [4.78, 5) is 0. The summed E-state index contributed by atoms with van der Waals surface area (Å²) in [5.74, 6) is 0.849. The van der Waals surface area contributed by atoms with Crippen molar-refractivity contribution in [3.8, 4) is 5.75 Å². The van der Waals surface area contributed by atoms with E-state index in [4.69, 9.17) is 22.1 Å². The van der Waals surface area contributed by atoms with Gasteiger partial charge in [0, 0.05) is 17.1 Å². The van der Waals surface area contributed by atoms with Crippen LogP contribution in [-0.4, -0.2) is 0 Å². The number of hydrogen-bond donors (Lipinski definition) is 1. The third-order valence-electron chi connectivity index (χ3n) is 3.47. The van der Waals surface area contributed by atoms with E-state index in [0.717, 1.165) is 16.9 Å². The molecule has 2 aromatic rings. The van der Waals surface area contributed by atoms with Crippen LogP contribution >= 0.6 is 11.6 Å². The normalized spacial score (nSPS) is 11.5. The third-order valence-corrected chi connectivity index (χ3v) is 3.82. The zero-order chi connectivity index (χ0) is 15.5. The molecule has 0 amide bonds. The van der Waals surface area contributed by atoms with Crippen LogP contribution in [0.4, 0.5) is 0 Å². The van der Waals surface area contributed by atoms with Gasteiger partial charge in [-0.1, -0.05) is 56.6 Å². The Morgan fingerprint density at radius 1 is 1.05 bits per heavy atom. The van der Waals surface area contributed by atoms with Gasteiger partial charge in [-0.2, -0.15) is 0 Å². The quantitative estimate of drug-likeness (QED) is 0.890. The summed E-state index contributed by atoms with van der Waals surface area (Å²) in [5.41, 5.74) is 9.03. The summed E-state index contributed by atoms with van der Waals surface area (Å²) < 4.78 is 5.80. The second-order valence-electron chi connectivity index (χ2n) is 6.19. The van der Waals surface area contributed by atoms with Crippen LogP contribution in [0, 0.1) is 0 Å². The Balaban J connectivity index is 2.03. The number of ether oxygens (including phenoxy) is 1. The fourth-order valence-corrected chi connectivity index (χ4v) is 2.30. The molecule has 2 aromatic carbocycles. The molecule has 2 N–H and O–H groups in total. The maximum absolute atomic E-state index is 6.22. The second-order valence-corrected chi connectivity index (χ2v) is 6.60. The van der Waals surface area contributed by atoms with E-state index in [-0.39, 0.29) is 5.41 Å². The first-order valence-electron chi connectivity index (χ1n) is 7.11. The first-order valence-corrected chi connectivity index (χ1v) is 7.48. The van der Waals surface area contributed by atoms with Gasteiger partial charge in [-0.3, -0.25) is 0 Å². The summed E-state index contributed by atoms with van der Waals surface area (Å²) in [7, 11) is 0. The van der Waals surface area contributed by atoms with Crippen molar-refractivity contribution < 1.29 is 4.74 Å². The molecule has 0 bridgehead atoms. The van der Waals surface area contributed by atoms with E-state index < -0.39 is 0 Å². The van der Waals surface area contributed by atoms with E-state index in [9.17, 15) is 0 Å². The molecule has 0 saturated carbocycles. The van der Waals surface area contributed by atoms with Gasteiger partial charge in [-0.25, -0.2) is 0 Å². The largest absolute Gasteiger partial charge is 0.489 e. The Morgan fingerprint density at radius 2 is 1.71 bits per heavy atom. The summed E-state index contributed by atoms with van der Waals surface area (Å²) in [6, 6.07) is 14.1. The Morgan fingerprint density at radius 3 is 2.24 bits per heavy atom. The van der Waals surface area contributed by atoms with Crippen molar-refractivity contribution in [1.82, 2.24) is 0 Å². The molecule has 0 aliphatic rings. The fourth-order valence-electron chi connectivity index (χ4n) is 2.05. The molecular formula is C18H22ClNO. The zero-order valence-corrected chi connectivity index (χ0v) is 13.6. The molecule has 2 nitrogen and oxygen atoms in total. The van der Waals surface area contributed by atoms with Gasteiger partial charge in [0.2, 0.25) is 0 Å². The van der Waals surface area contributed by atoms with E-state index in [1.165, 1.54) is 5.56 Å². The van der Waals surface area contributed by atoms with Gasteiger partial charge in [-0.15, -0.1) is 0 Å². The molecule has 0 aromatic heterocycles. The number of hydrogen-bond acceptors (Lipinski definition) is 2. The molecular weight excluding hydrogens is 282 g/mol. The topological polar surface area (TPSA) is 35.2 Å². The van der Waals surface area contributed by atoms with Crippen LogP contribution < -0.4 is 10.5 Å². The molecule has 0 unspecified atom stereocenters. The smallest absolute Gasteiger partial charge is 0.119 e. The van der Waals surface area contributed by atoms with Gasteiger partial charge in [0.05, 0.1) is 0 Å². The monoisotopic (exact) mass is 303 g/mol. The van der Waals surface area contributed by atoms with E-state index in [0.29, 0.717) is 18.2 Å². The van der Waals surface area contributed by atoms with Gasteiger partial charge in [-0.05, 0) is 34.7 Å². The molecule has 0 saturated heterocycles. The average Bonchev–Trinajstić information content (AvgIpc) is 2.45. The van der Waals surface area contributed by atoms with Gasteiger partial charge < -0.3 is 10.5 Å². The predicted molar refractivity (Wildman–Crippen MR) is 88.8 cm³/mol. The first-order chi connectivity index (χ1) is 9.90. The molecule has 21 heavy (non-hydrogen) atoms. The van der Waals surface area contributed by atoms with Crippen LogP contribution in [-0.2, 0) is 18.6 Å². The van der Waals surface area contributed by atoms with E-state index in [1.807, 2.05) is 30.3 Å². The molecule has 0 aliphatic heterocycles. The molecule has 0 atom stereocenters.